The van der Waals surface area contributed by atoms with Crippen molar-refractivity contribution in [1.82, 2.24) is 10.2 Å². The third-order valence-corrected chi connectivity index (χ3v) is 8.63. The van der Waals surface area contributed by atoms with Crippen molar-refractivity contribution in [1.29, 1.82) is 0 Å². The number of aryl methyl sites for hydroxylation is 1. The molecule has 2 amide bonds. The average molecular weight is 441 g/mol. The Morgan fingerprint density at radius 2 is 1.77 bits per heavy atom. The number of carbonyl (C=O) groups excluding carboxylic acids is 2. The molecule has 0 spiro atoms. The van der Waals surface area contributed by atoms with Crippen LogP contribution < -0.4 is 5.32 Å². The smallest absolute Gasteiger partial charge is 0.266 e. The van der Waals surface area contributed by atoms with Gasteiger partial charge in [0.05, 0.1) is 4.91 Å². The van der Waals surface area contributed by atoms with Crippen molar-refractivity contribution < 1.29 is 9.59 Å². The van der Waals surface area contributed by atoms with Crippen LogP contribution in [0, 0.1) is 24.7 Å². The second-order valence-corrected chi connectivity index (χ2v) is 11.4. The lowest BCUT2D eigenvalue weighted by molar-refractivity contribution is -0.127. The minimum atomic E-state index is -0.0896. The average Bonchev–Trinajstić information content (AvgIpc) is 2.93. The number of nitrogens with zero attached hydrogens (tertiary/aromatic N) is 1. The molecule has 5 aliphatic rings. The molecule has 6 rings (SSSR count). The Kier molecular flexibility index (Phi) is 5.26. The van der Waals surface area contributed by atoms with E-state index in [0.717, 1.165) is 42.6 Å². The van der Waals surface area contributed by atoms with Gasteiger partial charge in [0.1, 0.15) is 4.32 Å². The summed E-state index contributed by atoms with van der Waals surface area (Å²) in [7, 11) is 0. The van der Waals surface area contributed by atoms with Gasteiger partial charge in [-0.15, -0.1) is 0 Å². The Hall–Kier alpha value is -1.66. The molecule has 4 saturated carbocycles. The van der Waals surface area contributed by atoms with Gasteiger partial charge in [0.15, 0.2) is 0 Å². The van der Waals surface area contributed by atoms with Crippen LogP contribution in [-0.4, -0.2) is 33.1 Å². The fraction of sp³-hybridized carbons (Fsp3) is 0.542. The van der Waals surface area contributed by atoms with Crippen LogP contribution in [0.1, 0.15) is 56.1 Å². The Morgan fingerprint density at radius 1 is 1.17 bits per heavy atom. The normalized spacial score (nSPS) is 33.6. The second kappa shape index (κ2) is 7.79. The molecule has 6 heteroatoms. The molecule has 1 N–H and O–H groups in total. The van der Waals surface area contributed by atoms with Crippen LogP contribution in [0.3, 0.4) is 0 Å². The van der Waals surface area contributed by atoms with Gasteiger partial charge in [-0.1, -0.05) is 53.8 Å². The highest BCUT2D eigenvalue weighted by Gasteiger charge is 2.51. The summed E-state index contributed by atoms with van der Waals surface area (Å²) in [5, 5.41) is 3.39. The van der Waals surface area contributed by atoms with Gasteiger partial charge in [0.25, 0.3) is 5.91 Å². The molecule has 1 aromatic rings. The molecule has 4 aliphatic carbocycles. The highest BCUT2D eigenvalue weighted by molar-refractivity contribution is 8.26. The SMILES string of the molecule is Cc1ccc(C=C2SC(=S)N(CCC(=O)NC34CC5CC(CC(C5)C3)C4)C2=O)cc1. The summed E-state index contributed by atoms with van der Waals surface area (Å²) in [6, 6.07) is 8.06. The highest BCUT2D eigenvalue weighted by Crippen LogP contribution is 2.55. The van der Waals surface area contributed by atoms with E-state index in [1.54, 1.807) is 4.90 Å². The summed E-state index contributed by atoms with van der Waals surface area (Å²) < 4.78 is 0.543. The molecule has 1 aliphatic heterocycles. The molecule has 4 bridgehead atoms. The first kappa shape index (κ1) is 20.3. The van der Waals surface area contributed by atoms with Crippen LogP contribution in [0.2, 0.25) is 0 Å². The van der Waals surface area contributed by atoms with Gasteiger partial charge in [0, 0.05) is 18.5 Å². The molecular formula is C24H28N2O2S2. The van der Waals surface area contributed by atoms with Crippen LogP contribution in [0.4, 0.5) is 0 Å². The van der Waals surface area contributed by atoms with E-state index in [-0.39, 0.29) is 17.4 Å². The first-order chi connectivity index (χ1) is 14.4. The topological polar surface area (TPSA) is 49.4 Å². The van der Waals surface area contributed by atoms with E-state index in [0.29, 0.717) is 22.2 Å². The lowest BCUT2D eigenvalue weighted by Gasteiger charge is -2.57. The zero-order valence-corrected chi connectivity index (χ0v) is 19.0. The molecule has 1 saturated heterocycles. The van der Waals surface area contributed by atoms with Crippen molar-refractivity contribution in [2.75, 3.05) is 6.54 Å². The fourth-order valence-electron chi connectivity index (χ4n) is 6.34. The van der Waals surface area contributed by atoms with Gasteiger partial charge < -0.3 is 5.32 Å². The maximum Gasteiger partial charge on any atom is 0.266 e. The Labute approximate surface area is 187 Å². The predicted molar refractivity (Wildman–Crippen MR) is 125 cm³/mol. The largest absolute Gasteiger partial charge is 0.351 e. The molecule has 158 valence electrons. The molecular weight excluding hydrogens is 412 g/mol. The van der Waals surface area contributed by atoms with Crippen LogP contribution in [0.5, 0.6) is 0 Å². The number of nitrogens with one attached hydrogen (secondary N) is 1. The van der Waals surface area contributed by atoms with Gasteiger partial charge in [-0.25, -0.2) is 0 Å². The van der Waals surface area contributed by atoms with E-state index in [2.05, 4.69) is 5.32 Å². The minimum absolute atomic E-state index is 0.0205. The van der Waals surface area contributed by atoms with Crippen molar-refractivity contribution in [3.05, 3.63) is 40.3 Å². The van der Waals surface area contributed by atoms with Gasteiger partial charge in [-0.3, -0.25) is 14.5 Å². The van der Waals surface area contributed by atoms with E-state index < -0.39 is 0 Å². The fourth-order valence-corrected chi connectivity index (χ4v) is 7.65. The van der Waals surface area contributed by atoms with Gasteiger partial charge >= 0.3 is 0 Å². The number of hydrogen-bond acceptors (Lipinski definition) is 4. The first-order valence-electron chi connectivity index (χ1n) is 11.0. The van der Waals surface area contributed by atoms with Crippen molar-refractivity contribution >= 4 is 46.2 Å². The second-order valence-electron chi connectivity index (χ2n) is 9.74. The maximum atomic E-state index is 12.8. The lowest BCUT2D eigenvalue weighted by Crippen LogP contribution is -2.60. The van der Waals surface area contributed by atoms with E-state index in [4.69, 9.17) is 12.2 Å². The standard InChI is InChI=1S/C24H28N2O2S2/c1-15-2-4-16(5-3-15)11-20-22(28)26(23(29)30-20)7-6-21(27)25-24-12-17-8-18(13-24)10-19(9-17)14-24/h2-5,11,17-19H,6-10,12-14H2,1H3,(H,25,27). The molecule has 4 nitrogen and oxygen atoms in total. The first-order valence-corrected chi connectivity index (χ1v) is 12.2. The lowest BCUT2D eigenvalue weighted by atomic mass is 9.53. The molecule has 0 unspecified atom stereocenters. The number of hydrogen-bond donors (Lipinski definition) is 1. The summed E-state index contributed by atoms with van der Waals surface area (Å²) in [6.45, 7) is 2.39. The summed E-state index contributed by atoms with van der Waals surface area (Å²) in [5.41, 5.74) is 2.19. The van der Waals surface area contributed by atoms with Crippen molar-refractivity contribution in [2.45, 2.75) is 57.4 Å². The number of amides is 2. The number of thioether (sulfide) groups is 1. The number of thiocarbonyl (C=S) groups is 1. The highest BCUT2D eigenvalue weighted by atomic mass is 32.2. The molecule has 0 radical (unpaired) electrons. The van der Waals surface area contributed by atoms with Crippen LogP contribution in [-0.2, 0) is 9.59 Å². The molecule has 0 atom stereocenters. The summed E-state index contributed by atoms with van der Waals surface area (Å²) in [5.74, 6) is 2.38. The quantitative estimate of drug-likeness (QED) is 0.534. The molecule has 5 fully saturated rings. The minimum Gasteiger partial charge on any atom is -0.351 e. The summed E-state index contributed by atoms with van der Waals surface area (Å²) in [4.78, 5) is 27.8. The zero-order chi connectivity index (χ0) is 20.9. The molecule has 30 heavy (non-hydrogen) atoms. The van der Waals surface area contributed by atoms with Crippen LogP contribution in [0.25, 0.3) is 6.08 Å². The van der Waals surface area contributed by atoms with Gasteiger partial charge in [-0.05, 0) is 74.8 Å². The van der Waals surface area contributed by atoms with Crippen molar-refractivity contribution in [2.24, 2.45) is 17.8 Å². The Morgan fingerprint density at radius 3 is 2.37 bits per heavy atom. The predicted octanol–water partition coefficient (Wildman–Crippen LogP) is 4.67. The zero-order valence-electron chi connectivity index (χ0n) is 17.4. The van der Waals surface area contributed by atoms with E-state index >= 15 is 0 Å². The summed E-state index contributed by atoms with van der Waals surface area (Å²) >= 11 is 6.76. The van der Waals surface area contributed by atoms with Crippen LogP contribution in [0.15, 0.2) is 29.2 Å². The maximum absolute atomic E-state index is 12.8. The third kappa shape index (κ3) is 3.96. The number of benzene rings is 1. The van der Waals surface area contributed by atoms with Crippen molar-refractivity contribution in [3.63, 3.8) is 0 Å². The van der Waals surface area contributed by atoms with E-state index in [1.807, 2.05) is 37.3 Å². The third-order valence-electron chi connectivity index (χ3n) is 7.25. The Bertz CT molecular complexity index is 886. The van der Waals surface area contributed by atoms with Gasteiger partial charge in [0.2, 0.25) is 5.91 Å². The Balaban J connectivity index is 1.19. The molecule has 0 aromatic heterocycles. The number of rotatable bonds is 5. The van der Waals surface area contributed by atoms with Crippen LogP contribution >= 0.6 is 24.0 Å². The van der Waals surface area contributed by atoms with E-state index in [9.17, 15) is 9.59 Å². The molecule has 1 heterocycles. The monoisotopic (exact) mass is 440 g/mol. The molecule has 1 aromatic carbocycles. The van der Waals surface area contributed by atoms with Gasteiger partial charge in [-0.2, -0.15) is 0 Å². The van der Waals surface area contributed by atoms with E-state index in [1.165, 1.54) is 36.6 Å². The number of carbonyl (C=O) groups is 2. The van der Waals surface area contributed by atoms with Crippen molar-refractivity contribution in [3.8, 4) is 0 Å². The summed E-state index contributed by atoms with van der Waals surface area (Å²) in [6.07, 6.45) is 9.71.